The molecule has 2 nitrogen and oxygen atoms in total. The van der Waals surface area contributed by atoms with E-state index in [9.17, 15) is 5.11 Å². The van der Waals surface area contributed by atoms with Gasteiger partial charge in [-0.1, -0.05) is 28.1 Å². The SMILES string of the molecule is OC[C@]1(Br)CCC=C[C@@H]1O. The molecule has 0 heterocycles. The van der Waals surface area contributed by atoms with Crippen LogP contribution in [0.25, 0.3) is 0 Å². The molecule has 0 aromatic rings. The fourth-order valence-corrected chi connectivity index (χ4v) is 1.42. The first-order valence-corrected chi connectivity index (χ1v) is 4.13. The number of alkyl halides is 1. The number of hydrogen-bond donors (Lipinski definition) is 2. The van der Waals surface area contributed by atoms with Gasteiger partial charge in [0.1, 0.15) is 0 Å². The molecule has 2 atom stereocenters. The summed E-state index contributed by atoms with van der Waals surface area (Å²) < 4.78 is -0.484. The summed E-state index contributed by atoms with van der Waals surface area (Å²) >= 11 is 3.31. The van der Waals surface area contributed by atoms with E-state index in [1.165, 1.54) is 0 Å². The second-order valence-corrected chi connectivity index (χ2v) is 4.18. The summed E-state index contributed by atoms with van der Waals surface area (Å²) in [5.74, 6) is 0. The van der Waals surface area contributed by atoms with Crippen LogP contribution >= 0.6 is 15.9 Å². The Hall–Kier alpha value is 0.140. The molecule has 0 bridgehead atoms. The summed E-state index contributed by atoms with van der Waals surface area (Å²) in [4.78, 5) is 0. The van der Waals surface area contributed by atoms with Crippen molar-refractivity contribution < 1.29 is 10.2 Å². The molecule has 1 aliphatic rings. The van der Waals surface area contributed by atoms with Crippen LogP contribution in [0.15, 0.2) is 12.2 Å². The second kappa shape index (κ2) is 3.03. The van der Waals surface area contributed by atoms with Crippen molar-refractivity contribution in [2.24, 2.45) is 0 Å². The predicted octanol–water partition coefficient (Wildman–Crippen LogP) is 0.823. The first-order chi connectivity index (χ1) is 4.69. The van der Waals surface area contributed by atoms with Gasteiger partial charge < -0.3 is 10.2 Å². The summed E-state index contributed by atoms with van der Waals surface area (Å²) in [6.45, 7) is -0.0154. The molecule has 0 fully saturated rings. The van der Waals surface area contributed by atoms with Crippen LogP contribution in [0.3, 0.4) is 0 Å². The Balaban J connectivity index is 2.67. The molecule has 1 rings (SSSR count). The van der Waals surface area contributed by atoms with Crippen LogP contribution in [0.5, 0.6) is 0 Å². The van der Waals surface area contributed by atoms with Crippen LogP contribution in [0.4, 0.5) is 0 Å². The molecule has 10 heavy (non-hydrogen) atoms. The molecule has 0 unspecified atom stereocenters. The number of hydrogen-bond acceptors (Lipinski definition) is 2. The summed E-state index contributed by atoms with van der Waals surface area (Å²) in [6, 6.07) is 0. The van der Waals surface area contributed by atoms with Crippen molar-refractivity contribution in [3.05, 3.63) is 12.2 Å². The van der Waals surface area contributed by atoms with Crippen molar-refractivity contribution >= 4 is 15.9 Å². The molecule has 2 N–H and O–H groups in total. The molecule has 0 radical (unpaired) electrons. The quantitative estimate of drug-likeness (QED) is 0.493. The van der Waals surface area contributed by atoms with E-state index in [0.29, 0.717) is 0 Å². The number of halogens is 1. The zero-order valence-corrected chi connectivity index (χ0v) is 7.21. The highest BCUT2D eigenvalue weighted by atomic mass is 79.9. The zero-order valence-electron chi connectivity index (χ0n) is 5.63. The number of aliphatic hydroxyl groups is 2. The Morgan fingerprint density at radius 2 is 2.40 bits per heavy atom. The molecule has 0 amide bonds. The van der Waals surface area contributed by atoms with Crippen molar-refractivity contribution in [3.63, 3.8) is 0 Å². The molecule has 0 aliphatic heterocycles. The van der Waals surface area contributed by atoms with E-state index < -0.39 is 10.4 Å². The van der Waals surface area contributed by atoms with Gasteiger partial charge in [-0.15, -0.1) is 0 Å². The van der Waals surface area contributed by atoms with Crippen molar-refractivity contribution in [2.45, 2.75) is 23.3 Å². The van der Waals surface area contributed by atoms with Gasteiger partial charge in [-0.05, 0) is 12.8 Å². The molecule has 1 aliphatic carbocycles. The maximum absolute atomic E-state index is 9.33. The molecule has 0 aromatic heterocycles. The maximum Gasteiger partial charge on any atom is 0.0896 e. The zero-order chi connectivity index (χ0) is 7.61. The predicted molar refractivity (Wildman–Crippen MR) is 43.1 cm³/mol. The maximum atomic E-state index is 9.33. The lowest BCUT2D eigenvalue weighted by molar-refractivity contribution is 0.117. The Morgan fingerprint density at radius 1 is 1.70 bits per heavy atom. The van der Waals surface area contributed by atoms with E-state index in [2.05, 4.69) is 15.9 Å². The molecule has 3 heteroatoms. The van der Waals surface area contributed by atoms with E-state index in [0.717, 1.165) is 12.8 Å². The highest BCUT2D eigenvalue weighted by Crippen LogP contribution is 2.31. The lowest BCUT2D eigenvalue weighted by atomic mass is 9.92. The van der Waals surface area contributed by atoms with Crippen LogP contribution in [0.2, 0.25) is 0 Å². The van der Waals surface area contributed by atoms with Gasteiger partial charge in [-0.2, -0.15) is 0 Å². The summed E-state index contributed by atoms with van der Waals surface area (Å²) in [5.41, 5.74) is 0. The third-order valence-electron chi connectivity index (χ3n) is 1.84. The summed E-state index contributed by atoms with van der Waals surface area (Å²) in [6.07, 6.45) is 4.81. The molecular weight excluding hydrogens is 196 g/mol. The Kier molecular flexibility index (Phi) is 2.50. The van der Waals surface area contributed by atoms with Crippen molar-refractivity contribution in [1.29, 1.82) is 0 Å². The van der Waals surface area contributed by atoms with Gasteiger partial charge in [0, 0.05) is 0 Å². The topological polar surface area (TPSA) is 40.5 Å². The molecule has 58 valence electrons. The van der Waals surface area contributed by atoms with Crippen LogP contribution in [-0.2, 0) is 0 Å². The number of allylic oxidation sites excluding steroid dienone is 1. The summed E-state index contributed by atoms with van der Waals surface area (Å²) in [5, 5.41) is 18.2. The minimum Gasteiger partial charge on any atom is -0.395 e. The van der Waals surface area contributed by atoms with E-state index in [4.69, 9.17) is 5.11 Å². The van der Waals surface area contributed by atoms with Crippen LogP contribution < -0.4 is 0 Å². The monoisotopic (exact) mass is 206 g/mol. The first kappa shape index (κ1) is 8.24. The lowest BCUT2D eigenvalue weighted by Crippen LogP contribution is -2.40. The van der Waals surface area contributed by atoms with E-state index in [1.807, 2.05) is 6.08 Å². The highest BCUT2D eigenvalue weighted by Gasteiger charge is 2.34. The van der Waals surface area contributed by atoms with Crippen molar-refractivity contribution in [1.82, 2.24) is 0 Å². The van der Waals surface area contributed by atoms with Crippen molar-refractivity contribution in [3.8, 4) is 0 Å². The largest absolute Gasteiger partial charge is 0.395 e. The van der Waals surface area contributed by atoms with E-state index >= 15 is 0 Å². The van der Waals surface area contributed by atoms with Crippen LogP contribution in [-0.4, -0.2) is 27.2 Å². The number of rotatable bonds is 1. The van der Waals surface area contributed by atoms with Gasteiger partial charge in [0.25, 0.3) is 0 Å². The fraction of sp³-hybridized carbons (Fsp3) is 0.714. The van der Waals surface area contributed by atoms with Gasteiger partial charge in [0.2, 0.25) is 0 Å². The standard InChI is InChI=1S/C7H11BrO2/c8-7(5-9)4-2-1-3-6(7)10/h1,3,6,9-10H,2,4-5H2/t6-,7+/m0/s1. The Bertz CT molecular complexity index is 147. The van der Waals surface area contributed by atoms with Gasteiger partial charge in [-0.25, -0.2) is 0 Å². The highest BCUT2D eigenvalue weighted by molar-refractivity contribution is 9.10. The van der Waals surface area contributed by atoms with E-state index in [-0.39, 0.29) is 6.61 Å². The van der Waals surface area contributed by atoms with Crippen LogP contribution in [0.1, 0.15) is 12.8 Å². The van der Waals surface area contributed by atoms with E-state index in [1.54, 1.807) is 6.08 Å². The average Bonchev–Trinajstić information content (AvgIpc) is 1.96. The number of aliphatic hydroxyl groups excluding tert-OH is 2. The Labute approximate surface area is 68.7 Å². The van der Waals surface area contributed by atoms with Gasteiger partial charge in [-0.3, -0.25) is 0 Å². The smallest absolute Gasteiger partial charge is 0.0896 e. The average molecular weight is 207 g/mol. The lowest BCUT2D eigenvalue weighted by Gasteiger charge is -2.31. The third-order valence-corrected chi connectivity index (χ3v) is 2.95. The molecular formula is C7H11BrO2. The molecule has 0 aromatic carbocycles. The minimum atomic E-state index is -0.550. The molecule has 0 saturated heterocycles. The summed E-state index contributed by atoms with van der Waals surface area (Å²) in [7, 11) is 0. The Morgan fingerprint density at radius 3 is 2.80 bits per heavy atom. The minimum absolute atomic E-state index is 0.0154. The van der Waals surface area contributed by atoms with Gasteiger partial charge in [0.15, 0.2) is 0 Å². The van der Waals surface area contributed by atoms with Crippen molar-refractivity contribution in [2.75, 3.05) is 6.61 Å². The van der Waals surface area contributed by atoms with Gasteiger partial charge >= 0.3 is 0 Å². The van der Waals surface area contributed by atoms with Gasteiger partial charge in [0.05, 0.1) is 17.0 Å². The first-order valence-electron chi connectivity index (χ1n) is 3.33. The molecule has 0 saturated carbocycles. The third kappa shape index (κ3) is 1.41. The molecule has 0 spiro atoms. The second-order valence-electron chi connectivity index (χ2n) is 2.60. The normalized spacial score (nSPS) is 40.1. The van der Waals surface area contributed by atoms with Crippen LogP contribution in [0, 0.1) is 0 Å². The fourth-order valence-electron chi connectivity index (χ4n) is 1.04.